The Hall–Kier alpha value is -1.69. The number of hydrogen-bond acceptors (Lipinski definition) is 2. The maximum atomic E-state index is 13.1. The molecular weight excluding hydrogens is 280 g/mol. The minimum absolute atomic E-state index is 0.171. The fourth-order valence-electron chi connectivity index (χ4n) is 1.58. The molecule has 0 aliphatic carbocycles. The second-order valence-corrected chi connectivity index (χ2v) is 5.22. The van der Waals surface area contributed by atoms with Crippen molar-refractivity contribution >= 4 is 17.1 Å². The number of alkyl halides is 3. The maximum absolute atomic E-state index is 13.1. The number of benzene rings is 1. The average molecular weight is 288 g/mol. The molecule has 0 aliphatic heterocycles. The molecule has 0 radical (unpaired) electrons. The van der Waals surface area contributed by atoms with Crippen LogP contribution in [-0.4, -0.2) is 5.78 Å². The number of carbonyl (C=O) groups is 1. The third kappa shape index (κ3) is 2.84. The van der Waals surface area contributed by atoms with Gasteiger partial charge in [-0.05, 0) is 37.3 Å². The van der Waals surface area contributed by atoms with E-state index in [-0.39, 0.29) is 5.56 Å². The molecule has 0 aliphatic rings. The van der Waals surface area contributed by atoms with Crippen LogP contribution in [0.15, 0.2) is 30.3 Å². The lowest BCUT2D eigenvalue weighted by atomic mass is 10.1. The van der Waals surface area contributed by atoms with Crippen molar-refractivity contribution in [2.24, 2.45) is 0 Å². The van der Waals surface area contributed by atoms with Crippen LogP contribution < -0.4 is 0 Å². The summed E-state index contributed by atoms with van der Waals surface area (Å²) in [7, 11) is 0. The van der Waals surface area contributed by atoms with Crippen LogP contribution in [0.25, 0.3) is 0 Å². The Morgan fingerprint density at radius 1 is 1.16 bits per heavy atom. The summed E-state index contributed by atoms with van der Waals surface area (Å²) < 4.78 is 50.8. The van der Waals surface area contributed by atoms with Crippen molar-refractivity contribution in [3.05, 3.63) is 57.0 Å². The van der Waals surface area contributed by atoms with Crippen LogP contribution in [0, 0.1) is 12.7 Å². The highest BCUT2D eigenvalue weighted by Gasteiger charge is 2.34. The molecule has 2 rings (SSSR count). The van der Waals surface area contributed by atoms with Crippen LogP contribution >= 0.6 is 11.3 Å². The van der Waals surface area contributed by atoms with Crippen molar-refractivity contribution in [2.75, 3.05) is 0 Å². The molecular formula is C13H8F4OS. The van der Waals surface area contributed by atoms with Gasteiger partial charge >= 0.3 is 6.18 Å². The zero-order chi connectivity index (χ0) is 14.2. The van der Waals surface area contributed by atoms with E-state index in [2.05, 4.69) is 0 Å². The zero-order valence-corrected chi connectivity index (χ0v) is 10.5. The fraction of sp³-hybridized carbons (Fsp3) is 0.154. The maximum Gasteiger partial charge on any atom is 0.419 e. The van der Waals surface area contributed by atoms with Gasteiger partial charge in [0.05, 0.1) is 10.4 Å². The first kappa shape index (κ1) is 13.7. The summed E-state index contributed by atoms with van der Waals surface area (Å²) in [6.45, 7) is 1.78. The van der Waals surface area contributed by atoms with Crippen molar-refractivity contribution in [1.82, 2.24) is 0 Å². The molecule has 6 heteroatoms. The lowest BCUT2D eigenvalue weighted by Gasteiger charge is -2.09. The molecule has 0 saturated carbocycles. The largest absolute Gasteiger partial charge is 0.419 e. The molecule has 0 spiro atoms. The standard InChI is InChI=1S/C13H8F4OS/c1-7-2-5-11(19-7)12(18)8-3-4-10(14)9(6-8)13(15,16)17/h2-6H,1H3. The minimum Gasteiger partial charge on any atom is -0.288 e. The molecule has 0 N–H and O–H groups in total. The number of hydrogen-bond donors (Lipinski definition) is 0. The molecule has 0 amide bonds. The average Bonchev–Trinajstić information content (AvgIpc) is 2.74. The van der Waals surface area contributed by atoms with Crippen LogP contribution in [0.1, 0.15) is 25.7 Å². The van der Waals surface area contributed by atoms with Gasteiger partial charge in [0.2, 0.25) is 5.78 Å². The summed E-state index contributed by atoms with van der Waals surface area (Å²) in [5.41, 5.74) is -1.60. The second kappa shape index (κ2) is 4.77. The van der Waals surface area contributed by atoms with Gasteiger partial charge < -0.3 is 0 Å². The van der Waals surface area contributed by atoms with Gasteiger partial charge in [0.25, 0.3) is 0 Å². The van der Waals surface area contributed by atoms with Crippen LogP contribution in [-0.2, 0) is 6.18 Å². The topological polar surface area (TPSA) is 17.1 Å². The van der Waals surface area contributed by atoms with E-state index in [4.69, 9.17) is 0 Å². The van der Waals surface area contributed by atoms with E-state index >= 15 is 0 Å². The number of rotatable bonds is 2. The molecule has 100 valence electrons. The third-order valence-electron chi connectivity index (χ3n) is 2.50. The predicted octanol–water partition coefficient (Wildman–Crippen LogP) is 4.45. The van der Waals surface area contributed by atoms with E-state index in [1.165, 1.54) is 11.3 Å². The predicted molar refractivity (Wildman–Crippen MR) is 63.9 cm³/mol. The lowest BCUT2D eigenvalue weighted by Crippen LogP contribution is -2.10. The number of ketones is 1. The van der Waals surface area contributed by atoms with Gasteiger partial charge in [-0.25, -0.2) is 4.39 Å². The Kier molecular flexibility index (Phi) is 3.45. The highest BCUT2D eigenvalue weighted by atomic mass is 32.1. The fourth-order valence-corrected chi connectivity index (χ4v) is 2.41. The summed E-state index contributed by atoms with van der Waals surface area (Å²) in [5, 5.41) is 0. The molecule has 0 saturated heterocycles. The van der Waals surface area contributed by atoms with Crippen molar-refractivity contribution in [2.45, 2.75) is 13.1 Å². The smallest absolute Gasteiger partial charge is 0.288 e. The molecule has 0 atom stereocenters. The van der Waals surface area contributed by atoms with Gasteiger partial charge in [-0.15, -0.1) is 11.3 Å². The first-order valence-corrected chi connectivity index (χ1v) is 6.08. The van der Waals surface area contributed by atoms with Gasteiger partial charge in [-0.2, -0.15) is 13.2 Å². The number of halogens is 4. The Morgan fingerprint density at radius 2 is 1.84 bits per heavy atom. The van der Waals surface area contributed by atoms with Crippen LogP contribution in [0.5, 0.6) is 0 Å². The SMILES string of the molecule is Cc1ccc(C(=O)c2ccc(F)c(C(F)(F)F)c2)s1. The van der Waals surface area contributed by atoms with E-state index < -0.39 is 23.3 Å². The second-order valence-electron chi connectivity index (χ2n) is 3.93. The van der Waals surface area contributed by atoms with Gasteiger partial charge in [0, 0.05) is 10.4 Å². The molecule has 0 fully saturated rings. The van der Waals surface area contributed by atoms with Crippen LogP contribution in [0.2, 0.25) is 0 Å². The number of aryl methyl sites for hydroxylation is 1. The number of thiophene rings is 1. The van der Waals surface area contributed by atoms with Crippen molar-refractivity contribution in [3.63, 3.8) is 0 Å². The summed E-state index contributed by atoms with van der Waals surface area (Å²) in [4.78, 5) is 13.2. The normalized spacial score (nSPS) is 11.6. The van der Waals surface area contributed by atoms with Gasteiger partial charge in [0.1, 0.15) is 5.82 Å². The molecule has 1 aromatic carbocycles. The first-order chi connectivity index (χ1) is 8.79. The highest BCUT2D eigenvalue weighted by Crippen LogP contribution is 2.32. The van der Waals surface area contributed by atoms with E-state index in [1.54, 1.807) is 19.1 Å². The van der Waals surface area contributed by atoms with Crippen molar-refractivity contribution < 1.29 is 22.4 Å². The molecule has 1 heterocycles. The lowest BCUT2D eigenvalue weighted by molar-refractivity contribution is -0.140. The Balaban J connectivity index is 2.44. The Bertz CT molecular complexity index is 628. The highest BCUT2D eigenvalue weighted by molar-refractivity contribution is 7.14. The summed E-state index contributed by atoms with van der Waals surface area (Å²) >= 11 is 1.18. The molecule has 19 heavy (non-hydrogen) atoms. The monoisotopic (exact) mass is 288 g/mol. The van der Waals surface area contributed by atoms with Gasteiger partial charge in [-0.1, -0.05) is 0 Å². The van der Waals surface area contributed by atoms with Crippen LogP contribution in [0.3, 0.4) is 0 Å². The summed E-state index contributed by atoms with van der Waals surface area (Å²) in [5.74, 6) is -1.92. The van der Waals surface area contributed by atoms with E-state index in [9.17, 15) is 22.4 Å². The van der Waals surface area contributed by atoms with E-state index in [0.717, 1.165) is 10.9 Å². The quantitative estimate of drug-likeness (QED) is 0.589. The zero-order valence-electron chi connectivity index (χ0n) is 9.72. The van der Waals surface area contributed by atoms with Crippen LogP contribution in [0.4, 0.5) is 17.6 Å². The van der Waals surface area contributed by atoms with E-state index in [1.807, 2.05) is 0 Å². The first-order valence-electron chi connectivity index (χ1n) is 5.27. The Labute approximate surface area is 110 Å². The summed E-state index contributed by atoms with van der Waals surface area (Å²) in [6, 6.07) is 5.51. The van der Waals surface area contributed by atoms with Crippen molar-refractivity contribution in [1.29, 1.82) is 0 Å². The molecule has 2 aromatic rings. The van der Waals surface area contributed by atoms with Crippen molar-refractivity contribution in [3.8, 4) is 0 Å². The van der Waals surface area contributed by atoms with E-state index in [0.29, 0.717) is 17.0 Å². The van der Waals surface area contributed by atoms with Gasteiger partial charge in [-0.3, -0.25) is 4.79 Å². The molecule has 1 nitrogen and oxygen atoms in total. The molecule has 1 aromatic heterocycles. The number of carbonyl (C=O) groups excluding carboxylic acids is 1. The molecule has 0 unspecified atom stereocenters. The molecule has 0 bridgehead atoms. The Morgan fingerprint density at radius 3 is 2.37 bits per heavy atom. The minimum atomic E-state index is -4.81. The van der Waals surface area contributed by atoms with Gasteiger partial charge in [0.15, 0.2) is 0 Å². The third-order valence-corrected chi connectivity index (χ3v) is 3.50. The summed E-state index contributed by atoms with van der Waals surface area (Å²) in [6.07, 6.45) is -4.81.